The lowest BCUT2D eigenvalue weighted by Crippen LogP contribution is -2.09. The number of fused-ring (bicyclic) bond motifs is 3. The van der Waals surface area contributed by atoms with Crippen LogP contribution in [0.25, 0.3) is 27.8 Å². The molecule has 1 heteroatoms. The highest BCUT2D eigenvalue weighted by Crippen LogP contribution is 2.42. The highest BCUT2D eigenvalue weighted by atomic mass is 15.1. The maximum Gasteiger partial charge on any atom is 0.0449 e. The van der Waals surface area contributed by atoms with E-state index in [0.29, 0.717) is 5.92 Å². The molecule has 0 radical (unpaired) electrons. The number of hydrogen-bond acceptors (Lipinski definition) is 1. The Bertz CT molecular complexity index is 2090. The van der Waals surface area contributed by atoms with Crippen LogP contribution in [-0.4, -0.2) is 0 Å². The molecule has 1 nitrogen and oxygen atoms in total. The lowest BCUT2D eigenvalue weighted by molar-refractivity contribution is 0.865. The molecule has 1 aliphatic heterocycles. The predicted molar refractivity (Wildman–Crippen MR) is 236 cm³/mol. The van der Waals surface area contributed by atoms with Gasteiger partial charge in [-0.3, -0.25) is 0 Å². The minimum atomic E-state index is 0.605. The Morgan fingerprint density at radius 3 is 2.04 bits per heavy atom. The molecule has 7 rings (SSSR count). The highest BCUT2D eigenvalue weighted by Gasteiger charge is 2.21. The number of benzene rings is 4. The van der Waals surface area contributed by atoms with Crippen molar-refractivity contribution in [2.75, 3.05) is 4.90 Å². The summed E-state index contributed by atoms with van der Waals surface area (Å²) >= 11 is 0. The van der Waals surface area contributed by atoms with Crippen LogP contribution in [0.4, 0.5) is 5.69 Å². The number of anilines is 1. The molecule has 0 bridgehead atoms. The molecule has 0 fully saturated rings. The van der Waals surface area contributed by atoms with E-state index in [-0.39, 0.29) is 0 Å². The van der Waals surface area contributed by atoms with Gasteiger partial charge in [0, 0.05) is 18.1 Å². The average molecular weight is 698 g/mol. The molecule has 0 aromatic heterocycles. The summed E-state index contributed by atoms with van der Waals surface area (Å²) in [6, 6.07) is 32.9. The summed E-state index contributed by atoms with van der Waals surface area (Å²) in [5.74, 6) is 0.605. The second-order valence-electron chi connectivity index (χ2n) is 13.5. The Kier molecular flexibility index (Phi) is 14.8. The molecule has 0 N–H and O–H groups in total. The van der Waals surface area contributed by atoms with Crippen molar-refractivity contribution in [3.8, 4) is 22.3 Å². The van der Waals surface area contributed by atoms with E-state index in [2.05, 4.69) is 193 Å². The number of rotatable bonds is 3. The van der Waals surface area contributed by atoms with Crippen molar-refractivity contribution >= 4 is 11.3 Å². The molecule has 0 amide bonds. The normalized spacial score (nSPS) is 18.6. The number of aryl methyl sites for hydroxylation is 1. The molecule has 53 heavy (non-hydrogen) atoms. The van der Waals surface area contributed by atoms with Crippen molar-refractivity contribution < 1.29 is 0 Å². The maximum absolute atomic E-state index is 4.31. The topological polar surface area (TPSA) is 3.24 Å². The van der Waals surface area contributed by atoms with E-state index in [9.17, 15) is 0 Å². The summed E-state index contributed by atoms with van der Waals surface area (Å²) in [4.78, 5) is 2.22. The van der Waals surface area contributed by atoms with Gasteiger partial charge >= 0.3 is 0 Å². The highest BCUT2D eigenvalue weighted by molar-refractivity contribution is 5.86. The molecular formula is C52H59N. The van der Waals surface area contributed by atoms with Crippen molar-refractivity contribution in [1.29, 1.82) is 0 Å². The van der Waals surface area contributed by atoms with E-state index in [0.717, 1.165) is 29.7 Å². The molecular weight excluding hydrogens is 639 g/mol. The first-order valence-corrected chi connectivity index (χ1v) is 19.3. The fraction of sp³-hybridized carbons (Fsp3) is 0.231. The number of allylic oxidation sites excluding steroid dienone is 12. The van der Waals surface area contributed by atoms with Gasteiger partial charge in [0.2, 0.25) is 0 Å². The van der Waals surface area contributed by atoms with Gasteiger partial charge in [0.05, 0.1) is 0 Å². The van der Waals surface area contributed by atoms with E-state index >= 15 is 0 Å². The van der Waals surface area contributed by atoms with Crippen LogP contribution in [0.1, 0.15) is 84.1 Å². The third-order valence-electron chi connectivity index (χ3n) is 9.90. The van der Waals surface area contributed by atoms with Gasteiger partial charge in [-0.05, 0) is 131 Å². The van der Waals surface area contributed by atoms with Gasteiger partial charge in [0.15, 0.2) is 0 Å². The molecule has 0 saturated carbocycles. The molecule has 1 heterocycles. The van der Waals surface area contributed by atoms with E-state index < -0.39 is 0 Å². The van der Waals surface area contributed by atoms with Crippen molar-refractivity contribution in [3.63, 3.8) is 0 Å². The van der Waals surface area contributed by atoms with Crippen LogP contribution in [-0.2, 0) is 6.42 Å². The minimum absolute atomic E-state index is 0.605. The third kappa shape index (κ3) is 9.93. The van der Waals surface area contributed by atoms with Gasteiger partial charge in [-0.15, -0.1) is 0 Å². The summed E-state index contributed by atoms with van der Waals surface area (Å²) in [5, 5.41) is 0. The van der Waals surface area contributed by atoms with Crippen LogP contribution < -0.4 is 4.90 Å². The zero-order chi connectivity index (χ0) is 38.5. The second-order valence-corrected chi connectivity index (χ2v) is 13.5. The Hall–Kier alpha value is -5.40. The second kappa shape index (κ2) is 19.4. The van der Waals surface area contributed by atoms with Crippen LogP contribution in [0, 0.1) is 12.8 Å². The van der Waals surface area contributed by atoms with E-state index in [4.69, 9.17) is 0 Å². The van der Waals surface area contributed by atoms with Crippen molar-refractivity contribution in [2.24, 2.45) is 5.92 Å². The van der Waals surface area contributed by atoms with Crippen LogP contribution in [0.2, 0.25) is 0 Å². The molecule has 4 aromatic carbocycles. The zero-order valence-electron chi connectivity index (χ0n) is 33.6. The molecule has 2 aliphatic carbocycles. The van der Waals surface area contributed by atoms with Crippen LogP contribution in [0.15, 0.2) is 181 Å². The van der Waals surface area contributed by atoms with Crippen LogP contribution in [0.5, 0.6) is 0 Å². The average Bonchev–Trinajstić information content (AvgIpc) is 3.51. The lowest BCUT2D eigenvalue weighted by Gasteiger charge is -2.21. The SMILES string of the molecule is C=C1/C=C(c2ccccc2C)\C(C)=C/N(c2ccc(-c3cccc4c3Cc3ccccc3-4)cc2)/C=C\CC1=C.CC.CC.CC1=CC=C(C)C(C)C=C1. The van der Waals surface area contributed by atoms with Gasteiger partial charge in [0.1, 0.15) is 0 Å². The summed E-state index contributed by atoms with van der Waals surface area (Å²) in [5.41, 5.74) is 18.9. The van der Waals surface area contributed by atoms with E-state index in [1.807, 2.05) is 27.7 Å². The zero-order valence-corrected chi connectivity index (χ0v) is 33.6. The number of nitrogens with zero attached hydrogens (tertiary/aromatic N) is 1. The Balaban J connectivity index is 0.000000382. The fourth-order valence-electron chi connectivity index (χ4n) is 6.64. The predicted octanol–water partition coefficient (Wildman–Crippen LogP) is 15.2. The molecule has 0 spiro atoms. The minimum Gasteiger partial charge on any atom is -0.324 e. The van der Waals surface area contributed by atoms with Crippen LogP contribution >= 0.6 is 0 Å². The van der Waals surface area contributed by atoms with E-state index in [1.165, 1.54) is 66.8 Å². The van der Waals surface area contributed by atoms with Gasteiger partial charge in [-0.2, -0.15) is 0 Å². The van der Waals surface area contributed by atoms with Crippen LogP contribution in [0.3, 0.4) is 0 Å². The van der Waals surface area contributed by atoms with Gasteiger partial charge in [-0.25, -0.2) is 0 Å². The van der Waals surface area contributed by atoms with Crippen molar-refractivity contribution in [1.82, 2.24) is 0 Å². The van der Waals surface area contributed by atoms with Crippen molar-refractivity contribution in [3.05, 3.63) is 203 Å². The molecule has 1 atom stereocenters. The Morgan fingerprint density at radius 1 is 0.679 bits per heavy atom. The smallest absolute Gasteiger partial charge is 0.0449 e. The van der Waals surface area contributed by atoms with Gasteiger partial charge in [-0.1, -0.05) is 168 Å². The maximum atomic E-state index is 4.31. The first-order chi connectivity index (χ1) is 25.7. The first-order valence-electron chi connectivity index (χ1n) is 19.3. The van der Waals surface area contributed by atoms with E-state index in [1.54, 1.807) is 0 Å². The Morgan fingerprint density at radius 2 is 1.32 bits per heavy atom. The summed E-state index contributed by atoms with van der Waals surface area (Å²) in [6.45, 7) is 27.5. The quantitative estimate of drug-likeness (QED) is 0.181. The molecule has 0 saturated heterocycles. The molecule has 4 aromatic rings. The van der Waals surface area contributed by atoms with Crippen molar-refractivity contribution in [2.45, 2.75) is 75.2 Å². The lowest BCUT2D eigenvalue weighted by atomic mass is 9.91. The molecule has 272 valence electrons. The monoisotopic (exact) mass is 697 g/mol. The summed E-state index contributed by atoms with van der Waals surface area (Å²) < 4.78 is 0. The van der Waals surface area contributed by atoms with Gasteiger partial charge < -0.3 is 4.90 Å². The number of hydrogen-bond donors (Lipinski definition) is 0. The third-order valence-corrected chi connectivity index (χ3v) is 9.90. The van der Waals surface area contributed by atoms with Gasteiger partial charge in [0.25, 0.3) is 0 Å². The fourth-order valence-corrected chi connectivity index (χ4v) is 6.64. The summed E-state index contributed by atoms with van der Waals surface area (Å²) in [6.07, 6.45) is 19.2. The summed E-state index contributed by atoms with van der Waals surface area (Å²) in [7, 11) is 0. The molecule has 1 unspecified atom stereocenters. The largest absolute Gasteiger partial charge is 0.324 e. The first kappa shape index (κ1) is 40.4. The standard InChI is InChI=1S/C38H33N.C10H14.2C2H6/c1-26-12-10-22-39(25-29(4)37(23-28(26)3)33-14-7-5-11-27(33)2)32-20-18-30(19-21-32)34-16-9-17-36-35-15-8-6-13-31(35)24-38(34)36;1-8-4-6-9(2)10(3)7-5-8;2*1-2/h5-11,13-23,25H,1,3,12,24H2,2,4H3;4-7,9H,1-3H3;2*1-2H3/b22-10-,29-25-,37-23+;;;. The Labute approximate surface area is 321 Å². The molecule has 3 aliphatic rings.